The van der Waals surface area contributed by atoms with Crippen molar-refractivity contribution in [1.29, 1.82) is 0 Å². The van der Waals surface area contributed by atoms with Crippen molar-refractivity contribution in [2.45, 2.75) is 117 Å². The molecule has 0 radical (unpaired) electrons. The van der Waals surface area contributed by atoms with Gasteiger partial charge in [-0.25, -0.2) is 9.18 Å². The number of terminal acetylenes is 1. The Kier molecular flexibility index (Phi) is 14.0. The van der Waals surface area contributed by atoms with Crippen LogP contribution >= 0.6 is 0 Å². The third-order valence-electron chi connectivity index (χ3n) is 6.85. The standard InChI is InChI=1S/C32H46FNO2/c1-5-7-8-9-10-11-12-13-14-15-16-17-18-19-22-34-32(35)36-27-23-26-20-21-30(33)28(6-2)31(26)29(24-27)25(3)4/h2,20-21,23-25H,5,7-19,22H2,1,3-4H3,(H,34,35). The van der Waals surface area contributed by atoms with Crippen LogP contribution in [0.15, 0.2) is 24.3 Å². The number of hydrogen-bond donors (Lipinski definition) is 1. The van der Waals surface area contributed by atoms with Crippen molar-refractivity contribution in [2.24, 2.45) is 0 Å². The molecule has 0 unspecified atom stereocenters. The van der Waals surface area contributed by atoms with Gasteiger partial charge in [0.1, 0.15) is 11.6 Å². The smallest absolute Gasteiger partial charge is 0.410 e. The lowest BCUT2D eigenvalue weighted by atomic mass is 9.92. The van der Waals surface area contributed by atoms with Gasteiger partial charge in [0.05, 0.1) is 5.56 Å². The summed E-state index contributed by atoms with van der Waals surface area (Å²) < 4.78 is 19.8. The third kappa shape index (κ3) is 10.2. The van der Waals surface area contributed by atoms with E-state index < -0.39 is 11.9 Å². The normalized spacial score (nSPS) is 11.1. The largest absolute Gasteiger partial charge is 0.412 e. The summed E-state index contributed by atoms with van der Waals surface area (Å²) >= 11 is 0. The fourth-order valence-electron chi connectivity index (χ4n) is 4.75. The van der Waals surface area contributed by atoms with Gasteiger partial charge >= 0.3 is 6.09 Å². The van der Waals surface area contributed by atoms with Gasteiger partial charge in [-0.05, 0) is 41.5 Å². The summed E-state index contributed by atoms with van der Waals surface area (Å²) in [5.41, 5.74) is 1.12. The fourth-order valence-corrected chi connectivity index (χ4v) is 4.75. The van der Waals surface area contributed by atoms with Crippen LogP contribution in [0.25, 0.3) is 10.8 Å². The molecule has 36 heavy (non-hydrogen) atoms. The Morgan fingerprint density at radius 2 is 1.47 bits per heavy atom. The quantitative estimate of drug-likeness (QED) is 0.175. The Morgan fingerprint density at radius 1 is 0.917 bits per heavy atom. The number of unbranched alkanes of at least 4 members (excludes halogenated alkanes) is 13. The maximum Gasteiger partial charge on any atom is 0.412 e. The number of amides is 1. The first kappa shape index (κ1) is 29.7. The van der Waals surface area contributed by atoms with Crippen LogP contribution in [0, 0.1) is 18.2 Å². The Hall–Kier alpha value is -2.54. The number of fused-ring (bicyclic) bond motifs is 1. The Morgan fingerprint density at radius 3 is 2.00 bits per heavy atom. The molecule has 0 spiro atoms. The fraction of sp³-hybridized carbons (Fsp3) is 0.594. The molecule has 198 valence electrons. The number of hydrogen-bond acceptors (Lipinski definition) is 2. The molecular weight excluding hydrogens is 449 g/mol. The van der Waals surface area contributed by atoms with Crippen LogP contribution in [0.5, 0.6) is 5.75 Å². The summed E-state index contributed by atoms with van der Waals surface area (Å²) in [4.78, 5) is 12.3. The molecule has 0 fully saturated rings. The van der Waals surface area contributed by atoms with Crippen molar-refractivity contribution in [2.75, 3.05) is 6.54 Å². The van der Waals surface area contributed by atoms with Gasteiger partial charge in [0.25, 0.3) is 0 Å². The van der Waals surface area contributed by atoms with E-state index in [0.717, 1.165) is 23.8 Å². The van der Waals surface area contributed by atoms with Crippen LogP contribution in [-0.4, -0.2) is 12.6 Å². The lowest BCUT2D eigenvalue weighted by Crippen LogP contribution is -2.27. The second-order valence-electron chi connectivity index (χ2n) is 10.2. The topological polar surface area (TPSA) is 38.3 Å². The molecule has 0 atom stereocenters. The second-order valence-corrected chi connectivity index (χ2v) is 10.2. The molecule has 4 heteroatoms. The molecule has 0 aromatic heterocycles. The molecule has 3 nitrogen and oxygen atoms in total. The van der Waals surface area contributed by atoms with Crippen LogP contribution in [0.2, 0.25) is 0 Å². The van der Waals surface area contributed by atoms with Gasteiger partial charge in [0.15, 0.2) is 0 Å². The van der Waals surface area contributed by atoms with Crippen molar-refractivity contribution in [3.63, 3.8) is 0 Å². The molecule has 0 aliphatic carbocycles. The summed E-state index contributed by atoms with van der Waals surface area (Å²) in [5, 5.41) is 4.33. The van der Waals surface area contributed by atoms with Crippen LogP contribution < -0.4 is 10.1 Å². The molecular formula is C32H46FNO2. The molecule has 2 aromatic carbocycles. The number of halogens is 1. The average Bonchev–Trinajstić information content (AvgIpc) is 2.86. The van der Waals surface area contributed by atoms with Crippen LogP contribution in [-0.2, 0) is 0 Å². The molecule has 0 saturated heterocycles. The maximum absolute atomic E-state index is 14.2. The highest BCUT2D eigenvalue weighted by Gasteiger charge is 2.15. The molecule has 0 heterocycles. The highest BCUT2D eigenvalue weighted by molar-refractivity contribution is 5.93. The minimum Gasteiger partial charge on any atom is -0.410 e. The zero-order valence-electron chi connectivity index (χ0n) is 22.8. The zero-order chi connectivity index (χ0) is 26.2. The second kappa shape index (κ2) is 17.0. The maximum atomic E-state index is 14.2. The van der Waals surface area contributed by atoms with E-state index >= 15 is 0 Å². The predicted molar refractivity (Wildman–Crippen MR) is 150 cm³/mol. The molecule has 2 rings (SSSR count). The summed E-state index contributed by atoms with van der Waals surface area (Å²) in [6.07, 6.45) is 23.4. The van der Waals surface area contributed by atoms with Crippen molar-refractivity contribution in [3.8, 4) is 18.1 Å². The molecule has 0 aliphatic heterocycles. The monoisotopic (exact) mass is 495 g/mol. The number of benzene rings is 2. The first-order chi connectivity index (χ1) is 17.5. The first-order valence-corrected chi connectivity index (χ1v) is 14.2. The summed E-state index contributed by atoms with van der Waals surface area (Å²) in [6, 6.07) is 6.57. The third-order valence-corrected chi connectivity index (χ3v) is 6.85. The highest BCUT2D eigenvalue weighted by atomic mass is 19.1. The van der Waals surface area contributed by atoms with Crippen LogP contribution in [0.1, 0.15) is 128 Å². The van der Waals surface area contributed by atoms with E-state index in [-0.39, 0.29) is 11.5 Å². The predicted octanol–water partition coefficient (Wildman–Crippen LogP) is 9.65. The molecule has 0 aliphatic rings. The first-order valence-electron chi connectivity index (χ1n) is 14.2. The van der Waals surface area contributed by atoms with E-state index in [0.29, 0.717) is 17.7 Å². The van der Waals surface area contributed by atoms with E-state index in [2.05, 4.69) is 18.2 Å². The van der Waals surface area contributed by atoms with Gasteiger partial charge in [0, 0.05) is 11.9 Å². The Labute approximate surface area is 218 Å². The molecule has 1 amide bonds. The number of ether oxygens (including phenoxy) is 1. The molecule has 2 aromatic rings. The van der Waals surface area contributed by atoms with Crippen molar-refractivity contribution in [3.05, 3.63) is 41.2 Å². The van der Waals surface area contributed by atoms with E-state index in [1.807, 2.05) is 13.8 Å². The van der Waals surface area contributed by atoms with Crippen LogP contribution in [0.3, 0.4) is 0 Å². The van der Waals surface area contributed by atoms with E-state index in [1.165, 1.54) is 83.1 Å². The summed E-state index contributed by atoms with van der Waals surface area (Å²) in [7, 11) is 0. The highest BCUT2D eigenvalue weighted by Crippen LogP contribution is 2.33. The minimum absolute atomic E-state index is 0.101. The number of nitrogens with one attached hydrogen (secondary N) is 1. The van der Waals surface area contributed by atoms with Gasteiger partial charge in [-0.1, -0.05) is 116 Å². The van der Waals surface area contributed by atoms with Crippen LogP contribution in [0.4, 0.5) is 9.18 Å². The Balaban J connectivity index is 1.63. The lowest BCUT2D eigenvalue weighted by Gasteiger charge is -2.15. The summed E-state index contributed by atoms with van der Waals surface area (Å²) in [6.45, 7) is 6.90. The van der Waals surface area contributed by atoms with Gasteiger partial charge < -0.3 is 10.1 Å². The number of carbonyl (C=O) groups excluding carboxylic acids is 1. The van der Waals surface area contributed by atoms with E-state index in [4.69, 9.17) is 11.2 Å². The molecule has 0 bridgehead atoms. The van der Waals surface area contributed by atoms with Crippen molar-refractivity contribution in [1.82, 2.24) is 5.32 Å². The Bertz CT molecular complexity index is 976. The molecule has 1 N–H and O–H groups in total. The average molecular weight is 496 g/mol. The number of rotatable bonds is 17. The minimum atomic E-state index is -0.460. The summed E-state index contributed by atoms with van der Waals surface area (Å²) in [5.74, 6) is 2.60. The number of carbonyl (C=O) groups is 1. The zero-order valence-corrected chi connectivity index (χ0v) is 22.8. The van der Waals surface area contributed by atoms with E-state index in [1.54, 1.807) is 18.2 Å². The molecule has 0 saturated carbocycles. The van der Waals surface area contributed by atoms with Gasteiger partial charge in [-0.2, -0.15) is 0 Å². The van der Waals surface area contributed by atoms with Gasteiger partial charge in [-0.3, -0.25) is 0 Å². The van der Waals surface area contributed by atoms with Gasteiger partial charge in [-0.15, -0.1) is 6.42 Å². The lowest BCUT2D eigenvalue weighted by molar-refractivity contribution is 0.200. The SMILES string of the molecule is C#Cc1c(F)ccc2cc(OC(=O)NCCCCCCCCCCCCCCCC)cc(C(C)C)c12. The van der Waals surface area contributed by atoms with Gasteiger partial charge in [0.2, 0.25) is 0 Å². The van der Waals surface area contributed by atoms with E-state index in [9.17, 15) is 9.18 Å². The van der Waals surface area contributed by atoms with Crippen molar-refractivity contribution >= 4 is 16.9 Å². The van der Waals surface area contributed by atoms with Crippen molar-refractivity contribution < 1.29 is 13.9 Å².